The van der Waals surface area contributed by atoms with Crippen molar-refractivity contribution >= 4 is 0 Å². The maximum Gasteiger partial charge on any atom is 0.123 e. The highest BCUT2D eigenvalue weighted by molar-refractivity contribution is 5.36. The largest absolute Gasteiger partial charge is 0.497 e. The lowest BCUT2D eigenvalue weighted by atomic mass is 9.88. The lowest BCUT2D eigenvalue weighted by molar-refractivity contribution is 0.414. The van der Waals surface area contributed by atoms with Crippen LogP contribution >= 0.6 is 0 Å². The molecule has 2 aromatic carbocycles. The van der Waals surface area contributed by atoms with Crippen molar-refractivity contribution in [1.29, 1.82) is 0 Å². The van der Waals surface area contributed by atoms with E-state index in [1.807, 2.05) is 37.4 Å². The van der Waals surface area contributed by atoms with Gasteiger partial charge >= 0.3 is 0 Å². The van der Waals surface area contributed by atoms with Gasteiger partial charge in [0, 0.05) is 5.92 Å². The van der Waals surface area contributed by atoms with Gasteiger partial charge in [-0.15, -0.1) is 0 Å². The number of hydrogen-bond acceptors (Lipinski definition) is 2. The number of nitrogens with one attached hydrogen (secondary N) is 1. The summed E-state index contributed by atoms with van der Waals surface area (Å²) in [6.45, 7) is 0.882. The third kappa shape index (κ3) is 3.58. The molecule has 0 aliphatic heterocycles. The molecule has 0 bridgehead atoms. The van der Waals surface area contributed by atoms with E-state index in [-0.39, 0.29) is 11.7 Å². The molecule has 106 valence electrons. The van der Waals surface area contributed by atoms with E-state index >= 15 is 0 Å². The molecule has 2 nitrogen and oxygen atoms in total. The van der Waals surface area contributed by atoms with Crippen LogP contribution < -0.4 is 10.1 Å². The Kier molecular flexibility index (Phi) is 5.13. The first-order valence-corrected chi connectivity index (χ1v) is 6.78. The summed E-state index contributed by atoms with van der Waals surface area (Å²) in [5.41, 5.74) is 2.18. The van der Waals surface area contributed by atoms with Gasteiger partial charge in [-0.1, -0.05) is 24.3 Å². The molecular weight excluding hydrogens is 253 g/mol. The third-order valence-corrected chi connectivity index (χ3v) is 3.45. The summed E-state index contributed by atoms with van der Waals surface area (Å²) in [7, 11) is 3.58. The molecule has 1 N–H and O–H groups in total. The maximum absolute atomic E-state index is 13.4. The van der Waals surface area contributed by atoms with Crippen LogP contribution in [0.5, 0.6) is 5.75 Å². The van der Waals surface area contributed by atoms with E-state index in [4.69, 9.17) is 4.74 Å². The van der Waals surface area contributed by atoms with Crippen molar-refractivity contribution < 1.29 is 9.13 Å². The first-order chi connectivity index (χ1) is 9.74. The number of hydrogen-bond donors (Lipinski definition) is 1. The van der Waals surface area contributed by atoms with Crippen LogP contribution in [0, 0.1) is 5.82 Å². The van der Waals surface area contributed by atoms with E-state index in [1.165, 1.54) is 11.6 Å². The summed E-state index contributed by atoms with van der Waals surface area (Å²) < 4.78 is 18.6. The highest BCUT2D eigenvalue weighted by Crippen LogP contribution is 2.29. The van der Waals surface area contributed by atoms with Gasteiger partial charge in [0.1, 0.15) is 11.6 Å². The van der Waals surface area contributed by atoms with Crippen LogP contribution in [0.25, 0.3) is 0 Å². The van der Waals surface area contributed by atoms with Crippen molar-refractivity contribution in [1.82, 2.24) is 5.32 Å². The fraction of sp³-hybridized carbons (Fsp3) is 0.294. The van der Waals surface area contributed by atoms with Gasteiger partial charge in [0.25, 0.3) is 0 Å². The van der Waals surface area contributed by atoms with E-state index in [0.29, 0.717) is 0 Å². The molecule has 2 aromatic rings. The lowest BCUT2D eigenvalue weighted by Crippen LogP contribution is -2.13. The van der Waals surface area contributed by atoms with Crippen LogP contribution in [0.2, 0.25) is 0 Å². The molecule has 0 saturated heterocycles. The average molecular weight is 273 g/mol. The molecular formula is C17H20FNO. The molecule has 0 radical (unpaired) electrons. The quantitative estimate of drug-likeness (QED) is 0.868. The van der Waals surface area contributed by atoms with Crippen molar-refractivity contribution in [2.45, 2.75) is 12.3 Å². The van der Waals surface area contributed by atoms with Crippen molar-refractivity contribution in [2.75, 3.05) is 20.7 Å². The zero-order chi connectivity index (χ0) is 14.4. The lowest BCUT2D eigenvalue weighted by Gasteiger charge is -2.18. The highest BCUT2D eigenvalue weighted by atomic mass is 19.1. The molecule has 20 heavy (non-hydrogen) atoms. The van der Waals surface area contributed by atoms with Crippen LogP contribution in [0.15, 0.2) is 48.5 Å². The molecule has 1 unspecified atom stereocenters. The minimum absolute atomic E-state index is 0.184. The van der Waals surface area contributed by atoms with Gasteiger partial charge in [0.2, 0.25) is 0 Å². The molecule has 0 aromatic heterocycles. The minimum atomic E-state index is -0.189. The van der Waals surface area contributed by atoms with Crippen LogP contribution in [-0.2, 0) is 0 Å². The highest BCUT2D eigenvalue weighted by Gasteiger charge is 2.14. The second-order valence-corrected chi connectivity index (χ2v) is 4.77. The maximum atomic E-state index is 13.4. The zero-order valence-electron chi connectivity index (χ0n) is 11.9. The monoisotopic (exact) mass is 273 g/mol. The second kappa shape index (κ2) is 7.06. The van der Waals surface area contributed by atoms with Gasteiger partial charge in [-0.2, -0.15) is 0 Å². The molecule has 0 aliphatic rings. The van der Waals surface area contributed by atoms with Gasteiger partial charge in [-0.3, -0.25) is 0 Å². The summed E-state index contributed by atoms with van der Waals surface area (Å²) in [5.74, 6) is 0.829. The number of halogens is 1. The topological polar surface area (TPSA) is 21.3 Å². The van der Waals surface area contributed by atoms with E-state index in [0.717, 1.165) is 24.3 Å². The molecule has 0 heterocycles. The molecule has 3 heteroatoms. The molecule has 1 atom stereocenters. The number of rotatable bonds is 6. The van der Waals surface area contributed by atoms with Crippen LogP contribution in [0.1, 0.15) is 23.5 Å². The normalized spacial score (nSPS) is 12.2. The Bertz CT molecular complexity index is 539. The van der Waals surface area contributed by atoms with Crippen molar-refractivity contribution in [2.24, 2.45) is 0 Å². The fourth-order valence-corrected chi connectivity index (χ4v) is 2.37. The smallest absolute Gasteiger partial charge is 0.123 e. The standard InChI is InChI=1S/C17H20FNO/c1-19-11-10-17(14-4-3-5-15(18)12-14)13-6-8-16(20-2)9-7-13/h3-9,12,17,19H,10-11H2,1-2H3. The third-order valence-electron chi connectivity index (χ3n) is 3.45. The Morgan fingerprint density at radius 2 is 1.85 bits per heavy atom. The SMILES string of the molecule is CNCCC(c1ccc(OC)cc1)c1cccc(F)c1. The molecule has 0 saturated carbocycles. The fourth-order valence-electron chi connectivity index (χ4n) is 2.37. The van der Waals surface area contributed by atoms with Crippen LogP contribution in [0.3, 0.4) is 0 Å². The Labute approximate surface area is 119 Å². The first-order valence-electron chi connectivity index (χ1n) is 6.78. The van der Waals surface area contributed by atoms with Crippen LogP contribution in [-0.4, -0.2) is 20.7 Å². The predicted molar refractivity (Wildman–Crippen MR) is 79.8 cm³/mol. The summed E-state index contributed by atoms with van der Waals surface area (Å²) >= 11 is 0. The van der Waals surface area contributed by atoms with Crippen LogP contribution in [0.4, 0.5) is 4.39 Å². The summed E-state index contributed by atoms with van der Waals surface area (Å²) in [6, 6.07) is 14.8. The molecule has 2 rings (SSSR count). The predicted octanol–water partition coefficient (Wildman–Crippen LogP) is 3.58. The molecule has 0 spiro atoms. The van der Waals surface area contributed by atoms with E-state index < -0.39 is 0 Å². The second-order valence-electron chi connectivity index (χ2n) is 4.77. The van der Waals surface area contributed by atoms with Crippen molar-refractivity contribution in [3.63, 3.8) is 0 Å². The Hall–Kier alpha value is -1.87. The van der Waals surface area contributed by atoms with Crippen molar-refractivity contribution in [3.05, 3.63) is 65.5 Å². The van der Waals surface area contributed by atoms with Gasteiger partial charge < -0.3 is 10.1 Å². The zero-order valence-corrected chi connectivity index (χ0v) is 11.9. The summed E-state index contributed by atoms with van der Waals surface area (Å²) in [5, 5.41) is 3.16. The minimum Gasteiger partial charge on any atom is -0.497 e. The number of benzene rings is 2. The first kappa shape index (κ1) is 14.5. The van der Waals surface area contributed by atoms with E-state index in [9.17, 15) is 4.39 Å². The molecule has 0 amide bonds. The molecule has 0 fully saturated rings. The van der Waals surface area contributed by atoms with Gasteiger partial charge in [0.15, 0.2) is 0 Å². The van der Waals surface area contributed by atoms with E-state index in [2.05, 4.69) is 5.32 Å². The summed E-state index contributed by atoms with van der Waals surface area (Å²) in [4.78, 5) is 0. The van der Waals surface area contributed by atoms with Gasteiger partial charge in [0.05, 0.1) is 7.11 Å². The number of methoxy groups -OCH3 is 1. The Balaban J connectivity index is 2.30. The van der Waals surface area contributed by atoms with Crippen molar-refractivity contribution in [3.8, 4) is 5.75 Å². The molecule has 0 aliphatic carbocycles. The summed E-state index contributed by atoms with van der Waals surface area (Å²) in [6.07, 6.45) is 0.923. The average Bonchev–Trinajstić information content (AvgIpc) is 2.48. The number of ether oxygens (including phenoxy) is 1. The van der Waals surface area contributed by atoms with Gasteiger partial charge in [-0.25, -0.2) is 4.39 Å². The Morgan fingerprint density at radius 1 is 1.10 bits per heavy atom. The van der Waals surface area contributed by atoms with Gasteiger partial charge in [-0.05, 0) is 55.4 Å². The Morgan fingerprint density at radius 3 is 2.45 bits per heavy atom. The van der Waals surface area contributed by atoms with E-state index in [1.54, 1.807) is 19.2 Å².